The number of thiophene rings is 1. The number of nitrogens with zero attached hydrogens (tertiary/aromatic N) is 1. The zero-order chi connectivity index (χ0) is 20.4. The van der Waals surface area contributed by atoms with Crippen LogP contribution in [0.1, 0.15) is 45.7 Å². The molecule has 8 heteroatoms. The summed E-state index contributed by atoms with van der Waals surface area (Å²) in [5.74, 6) is -1.49. The number of rotatable bonds is 6. The number of benzene rings is 1. The van der Waals surface area contributed by atoms with Crippen molar-refractivity contribution in [3.8, 4) is 0 Å². The van der Waals surface area contributed by atoms with E-state index in [9.17, 15) is 14.7 Å². The number of carbonyl (C=O) groups is 2. The molecule has 27 heavy (non-hydrogen) atoms. The summed E-state index contributed by atoms with van der Waals surface area (Å²) >= 11 is 13.3. The number of aromatic carboxylic acids is 1. The van der Waals surface area contributed by atoms with Crippen molar-refractivity contribution in [1.29, 1.82) is 0 Å². The van der Waals surface area contributed by atoms with E-state index in [1.807, 2.05) is 20.8 Å². The number of halogens is 2. The van der Waals surface area contributed by atoms with E-state index < -0.39 is 11.9 Å². The molecule has 0 atom stereocenters. The van der Waals surface area contributed by atoms with E-state index in [-0.39, 0.29) is 34.0 Å². The number of hydrogen-bond acceptors (Lipinski definition) is 4. The average molecular weight is 430 g/mol. The molecule has 2 rings (SSSR count). The fourth-order valence-corrected chi connectivity index (χ4v) is 3.97. The molecule has 0 saturated carbocycles. The third-order valence-corrected chi connectivity index (χ3v) is 5.95. The lowest BCUT2D eigenvalue weighted by Gasteiger charge is -2.23. The Labute approximate surface area is 172 Å². The summed E-state index contributed by atoms with van der Waals surface area (Å²) in [4.78, 5) is 27.4. The Morgan fingerprint density at radius 3 is 2.41 bits per heavy atom. The molecule has 0 aliphatic rings. The van der Waals surface area contributed by atoms with Crippen LogP contribution in [0.3, 0.4) is 0 Å². The number of carboxylic acids is 1. The molecule has 0 spiro atoms. The largest absolute Gasteiger partial charge is 0.477 e. The van der Waals surface area contributed by atoms with Gasteiger partial charge < -0.3 is 14.7 Å². The molecule has 0 radical (unpaired) electrons. The van der Waals surface area contributed by atoms with Gasteiger partial charge in [0.05, 0.1) is 22.9 Å². The van der Waals surface area contributed by atoms with Gasteiger partial charge in [-0.2, -0.15) is 0 Å². The van der Waals surface area contributed by atoms with Gasteiger partial charge in [0.15, 0.2) is 0 Å². The highest BCUT2D eigenvalue weighted by atomic mass is 35.5. The summed E-state index contributed by atoms with van der Waals surface area (Å²) in [5, 5.41) is 10.3. The normalized spacial score (nSPS) is 11.5. The van der Waals surface area contributed by atoms with Gasteiger partial charge in [-0.1, -0.05) is 44.0 Å². The number of carbonyl (C=O) groups excluding carboxylic acids is 1. The van der Waals surface area contributed by atoms with Crippen molar-refractivity contribution in [2.45, 2.75) is 26.2 Å². The quantitative estimate of drug-likeness (QED) is 0.672. The Hall–Kier alpha value is -1.60. The number of hydrogen-bond donors (Lipinski definition) is 1. The number of ether oxygens (including phenoxy) is 1. The molecule has 0 saturated heterocycles. The van der Waals surface area contributed by atoms with Crippen LogP contribution in [0.4, 0.5) is 5.69 Å². The van der Waals surface area contributed by atoms with Crippen molar-refractivity contribution in [3.05, 3.63) is 49.6 Å². The van der Waals surface area contributed by atoms with Gasteiger partial charge in [0.1, 0.15) is 4.88 Å². The fourth-order valence-electron chi connectivity index (χ4n) is 2.43. The van der Waals surface area contributed by atoms with E-state index in [4.69, 9.17) is 27.9 Å². The first kappa shape index (κ1) is 21.7. The Balaban J connectivity index is 2.57. The summed E-state index contributed by atoms with van der Waals surface area (Å²) in [7, 11) is 1.52. The summed E-state index contributed by atoms with van der Waals surface area (Å²) < 4.78 is 5.11. The number of amides is 1. The Morgan fingerprint density at radius 1 is 1.22 bits per heavy atom. The molecule has 1 amide bonds. The SMILES string of the molecule is COCCN(C(=O)c1ccc(Cl)cc1Cl)c1cc(C(C)(C)C)sc1C(=O)O. The first-order valence-corrected chi connectivity index (χ1v) is 9.77. The van der Waals surface area contributed by atoms with Crippen LogP contribution in [0.2, 0.25) is 10.0 Å². The molecule has 0 bridgehead atoms. The summed E-state index contributed by atoms with van der Waals surface area (Å²) in [6.45, 7) is 6.41. The van der Waals surface area contributed by atoms with Crippen LogP contribution in [0.15, 0.2) is 24.3 Å². The third-order valence-electron chi connectivity index (χ3n) is 3.86. The van der Waals surface area contributed by atoms with Crippen LogP contribution in [-0.4, -0.2) is 37.2 Å². The van der Waals surface area contributed by atoms with Gasteiger partial charge in [-0.15, -0.1) is 11.3 Å². The van der Waals surface area contributed by atoms with Gasteiger partial charge in [0, 0.05) is 23.6 Å². The van der Waals surface area contributed by atoms with Crippen molar-refractivity contribution in [2.75, 3.05) is 25.2 Å². The summed E-state index contributed by atoms with van der Waals surface area (Å²) in [6, 6.07) is 6.34. The molecule has 0 fully saturated rings. The predicted octanol–water partition coefficient (Wildman–Crippen LogP) is 5.34. The van der Waals surface area contributed by atoms with E-state index in [2.05, 4.69) is 0 Å². The van der Waals surface area contributed by atoms with Crippen LogP contribution in [0.25, 0.3) is 0 Å². The van der Waals surface area contributed by atoms with E-state index in [0.29, 0.717) is 10.7 Å². The molecule has 0 aliphatic carbocycles. The maximum absolute atomic E-state index is 13.2. The van der Waals surface area contributed by atoms with Crippen molar-refractivity contribution < 1.29 is 19.4 Å². The monoisotopic (exact) mass is 429 g/mol. The van der Waals surface area contributed by atoms with Gasteiger partial charge in [0.2, 0.25) is 0 Å². The van der Waals surface area contributed by atoms with Crippen LogP contribution >= 0.6 is 34.5 Å². The van der Waals surface area contributed by atoms with Gasteiger partial charge >= 0.3 is 5.97 Å². The molecule has 1 aromatic heterocycles. The highest BCUT2D eigenvalue weighted by molar-refractivity contribution is 7.14. The van der Waals surface area contributed by atoms with Gasteiger partial charge in [-0.25, -0.2) is 4.79 Å². The third kappa shape index (κ3) is 5.02. The Kier molecular flexibility index (Phi) is 6.92. The minimum atomic E-state index is -1.08. The van der Waals surface area contributed by atoms with Crippen molar-refractivity contribution in [2.24, 2.45) is 0 Å². The molecular weight excluding hydrogens is 409 g/mol. The molecule has 1 N–H and O–H groups in total. The van der Waals surface area contributed by atoms with Crippen LogP contribution in [-0.2, 0) is 10.2 Å². The predicted molar refractivity (Wildman–Crippen MR) is 110 cm³/mol. The molecule has 0 aliphatic heterocycles. The standard InChI is InChI=1S/C19H21Cl2NO4S/c1-19(2,3)15-10-14(16(27-15)18(24)25)22(7-8-26-4)17(23)12-6-5-11(20)9-13(12)21/h5-6,9-10H,7-8H2,1-4H3,(H,24,25). The van der Waals surface area contributed by atoms with E-state index in [1.54, 1.807) is 12.1 Å². The molecule has 0 unspecified atom stereocenters. The first-order valence-electron chi connectivity index (χ1n) is 8.19. The maximum Gasteiger partial charge on any atom is 0.348 e. The van der Waals surface area contributed by atoms with Gasteiger partial charge in [-0.3, -0.25) is 4.79 Å². The van der Waals surface area contributed by atoms with E-state index in [0.717, 1.165) is 4.88 Å². The number of methoxy groups -OCH3 is 1. The smallest absolute Gasteiger partial charge is 0.348 e. The lowest BCUT2D eigenvalue weighted by atomic mass is 9.94. The fraction of sp³-hybridized carbons (Fsp3) is 0.368. The van der Waals surface area contributed by atoms with Crippen molar-refractivity contribution in [1.82, 2.24) is 0 Å². The molecule has 146 valence electrons. The Bertz CT molecular complexity index is 858. The number of carboxylic acid groups (broad SMARTS) is 1. The summed E-state index contributed by atoms with van der Waals surface area (Å²) in [5.41, 5.74) is 0.337. The van der Waals surface area contributed by atoms with Crippen LogP contribution < -0.4 is 4.90 Å². The topological polar surface area (TPSA) is 66.8 Å². The lowest BCUT2D eigenvalue weighted by Crippen LogP contribution is -2.34. The highest BCUT2D eigenvalue weighted by Crippen LogP contribution is 2.38. The second kappa shape index (κ2) is 8.61. The highest BCUT2D eigenvalue weighted by Gasteiger charge is 2.29. The van der Waals surface area contributed by atoms with Crippen molar-refractivity contribution >= 4 is 52.1 Å². The molecule has 1 aromatic carbocycles. The number of anilines is 1. The molecule has 5 nitrogen and oxygen atoms in total. The van der Waals surface area contributed by atoms with Crippen LogP contribution in [0, 0.1) is 0 Å². The second-order valence-electron chi connectivity index (χ2n) is 6.95. The maximum atomic E-state index is 13.2. The molecular formula is C19H21Cl2NO4S. The molecule has 2 aromatic rings. The van der Waals surface area contributed by atoms with Gasteiger partial charge in [0.25, 0.3) is 5.91 Å². The minimum Gasteiger partial charge on any atom is -0.477 e. The lowest BCUT2D eigenvalue weighted by molar-refractivity contribution is 0.0703. The second-order valence-corrected chi connectivity index (χ2v) is 8.85. The van der Waals surface area contributed by atoms with E-state index >= 15 is 0 Å². The average Bonchev–Trinajstić information content (AvgIpc) is 3.00. The minimum absolute atomic E-state index is 0.106. The van der Waals surface area contributed by atoms with Gasteiger partial charge in [-0.05, 0) is 29.7 Å². The zero-order valence-corrected chi connectivity index (χ0v) is 17.8. The zero-order valence-electron chi connectivity index (χ0n) is 15.5. The Morgan fingerprint density at radius 2 is 1.89 bits per heavy atom. The van der Waals surface area contributed by atoms with Crippen molar-refractivity contribution in [3.63, 3.8) is 0 Å². The molecule has 1 heterocycles. The summed E-state index contributed by atoms with van der Waals surface area (Å²) in [6.07, 6.45) is 0. The van der Waals surface area contributed by atoms with Crippen LogP contribution in [0.5, 0.6) is 0 Å². The first-order chi connectivity index (χ1) is 12.6. The van der Waals surface area contributed by atoms with E-state index in [1.165, 1.54) is 35.5 Å².